The highest BCUT2D eigenvalue weighted by atomic mass is 16.3. The summed E-state index contributed by atoms with van der Waals surface area (Å²) in [5.41, 5.74) is 11.9. The predicted molar refractivity (Wildman–Crippen MR) is 323 cm³/mol. The van der Waals surface area contributed by atoms with Gasteiger partial charge in [-0.15, -0.1) is 0 Å². The Balaban J connectivity index is 1.95. The number of hydrogen-bond donors (Lipinski definition) is 13. The van der Waals surface area contributed by atoms with E-state index in [1.807, 2.05) is 41.5 Å². The lowest BCUT2D eigenvalue weighted by atomic mass is 9.84. The summed E-state index contributed by atoms with van der Waals surface area (Å²) in [6, 6.07) is -6.13. The van der Waals surface area contributed by atoms with Gasteiger partial charge in [0.25, 0.3) is 0 Å². The third-order valence-electron chi connectivity index (χ3n) is 15.5. The molecule has 2 fully saturated rings. The van der Waals surface area contributed by atoms with Crippen molar-refractivity contribution < 1.29 is 63.0 Å². The van der Waals surface area contributed by atoms with E-state index in [0.717, 1.165) is 32.1 Å². The van der Waals surface area contributed by atoms with Gasteiger partial charge in [0.15, 0.2) is 0 Å². The standard InChI is InChI=1S/C61H102N12O13/c1-33(2)28-44(65-39(11)75)55(80)64-37(9)53(78)67-45(29-34(3)4)56(81)66-43(20-15-16-26-62)54(79)69-47(32-41-22-24-42(76)25-23-41)58(83)68-46(30-35(5)6)57(82)70-48(31-40-18-13-12-14-19-40)59(84)72-51(38(10)74)61(86)73-27-17-21-49(73)60(85)71-50(36(7)8)52(63)77/h22-25,33-38,40,43-51,74,76H,12-21,26-32,62H2,1-11H3,(H2,63,77)(H,64,80)(H,65,75)(H,66,81)(H,67,78)(H,68,83)(H,69,79)(H,70,82)(H,71,85)(H,72,84)/t37-,38+,43-,44-,45-,46-,47-,48-,49-,50-,51-/m0/s1. The van der Waals surface area contributed by atoms with Crippen LogP contribution in [0.1, 0.15) is 172 Å². The number of primary amides is 1. The molecule has 1 saturated carbocycles. The van der Waals surface area contributed by atoms with E-state index in [0.29, 0.717) is 31.2 Å². The lowest BCUT2D eigenvalue weighted by Gasteiger charge is -2.33. The van der Waals surface area contributed by atoms with Gasteiger partial charge in [0.1, 0.15) is 66.2 Å². The fraction of sp³-hybridized carbons (Fsp3) is 0.721. The number of nitrogens with zero attached hydrogens (tertiary/aromatic N) is 1. The molecule has 2 aliphatic rings. The third kappa shape index (κ3) is 24.8. The highest BCUT2D eigenvalue weighted by Crippen LogP contribution is 2.28. The summed E-state index contributed by atoms with van der Waals surface area (Å²) in [6.07, 6.45) is 4.92. The van der Waals surface area contributed by atoms with Gasteiger partial charge in [0.05, 0.1) is 6.10 Å². The third-order valence-corrected chi connectivity index (χ3v) is 15.5. The first-order chi connectivity index (χ1) is 40.4. The Labute approximate surface area is 507 Å². The normalized spacial score (nSPS) is 18.0. The Kier molecular flexibility index (Phi) is 31.0. The summed E-state index contributed by atoms with van der Waals surface area (Å²) in [5.74, 6) is -8.35. The zero-order chi connectivity index (χ0) is 64.5. The lowest BCUT2D eigenvalue weighted by molar-refractivity contribution is -0.144. The molecule has 11 amide bonds. The molecule has 1 aliphatic heterocycles. The minimum atomic E-state index is -1.55. The van der Waals surface area contributed by atoms with E-state index in [9.17, 15) is 63.0 Å². The number of amides is 11. The van der Waals surface area contributed by atoms with E-state index in [2.05, 4.69) is 47.9 Å². The molecule has 1 saturated heterocycles. The molecule has 1 aliphatic carbocycles. The summed E-state index contributed by atoms with van der Waals surface area (Å²) in [6.45, 7) is 19.0. The minimum Gasteiger partial charge on any atom is -0.508 e. The van der Waals surface area contributed by atoms with Gasteiger partial charge in [-0.3, -0.25) is 52.7 Å². The Bertz CT molecular complexity index is 2430. The number of phenolic OH excluding ortho intramolecular Hbond substituents is 1. The first kappa shape index (κ1) is 73.4. The Hall–Kier alpha value is -6.89. The van der Waals surface area contributed by atoms with Gasteiger partial charge in [-0.1, -0.05) is 99.6 Å². The van der Waals surface area contributed by atoms with Crippen LogP contribution in [0.4, 0.5) is 0 Å². The van der Waals surface area contributed by atoms with E-state index in [4.69, 9.17) is 11.5 Å². The predicted octanol–water partition coefficient (Wildman–Crippen LogP) is 1.09. The summed E-state index contributed by atoms with van der Waals surface area (Å²) in [4.78, 5) is 153. The average Bonchev–Trinajstić information content (AvgIpc) is 2.42. The minimum absolute atomic E-state index is 0.00882. The molecule has 1 aromatic carbocycles. The van der Waals surface area contributed by atoms with E-state index >= 15 is 0 Å². The molecule has 25 heteroatoms. The zero-order valence-corrected chi connectivity index (χ0v) is 52.6. The molecule has 3 rings (SSSR count). The fourth-order valence-corrected chi connectivity index (χ4v) is 10.9. The molecule has 86 heavy (non-hydrogen) atoms. The second kappa shape index (κ2) is 36.3. The Morgan fingerprint density at radius 3 is 1.53 bits per heavy atom. The van der Waals surface area contributed by atoms with Crippen LogP contribution in [0, 0.1) is 29.6 Å². The van der Waals surface area contributed by atoms with Crippen molar-refractivity contribution in [3.63, 3.8) is 0 Å². The molecule has 1 heterocycles. The van der Waals surface area contributed by atoms with Crippen LogP contribution in [-0.4, -0.2) is 160 Å². The highest BCUT2D eigenvalue weighted by molar-refractivity contribution is 5.99. The Morgan fingerprint density at radius 2 is 1.02 bits per heavy atom. The zero-order valence-electron chi connectivity index (χ0n) is 52.6. The van der Waals surface area contributed by atoms with Crippen molar-refractivity contribution >= 4 is 65.0 Å². The molecule has 11 atom stereocenters. The SMILES string of the molecule is CC(=O)N[C@@H](CC(C)C)C(=O)N[C@@H](C)C(=O)N[C@@H](CC(C)C)C(=O)N[C@@H](CCCCN)C(=O)N[C@@H](Cc1ccc(O)cc1)C(=O)N[C@@H](CC(C)C)C(=O)N[C@@H](CC1CCCCC1)C(=O)N[C@H](C(=O)N1CCC[C@H]1C(=O)N[C@H](C(N)=O)C(C)C)[C@@H](C)O. The van der Waals surface area contributed by atoms with Crippen molar-refractivity contribution in [2.24, 2.45) is 41.1 Å². The largest absolute Gasteiger partial charge is 0.508 e. The molecule has 0 unspecified atom stereocenters. The van der Waals surface area contributed by atoms with Crippen LogP contribution in [0.2, 0.25) is 0 Å². The number of carbonyl (C=O) groups excluding carboxylic acids is 11. The molecule has 0 spiro atoms. The van der Waals surface area contributed by atoms with Gasteiger partial charge in [0, 0.05) is 19.9 Å². The number of carbonyl (C=O) groups is 11. The van der Waals surface area contributed by atoms with E-state index in [1.165, 1.54) is 37.8 Å². The first-order valence-corrected chi connectivity index (χ1v) is 30.9. The van der Waals surface area contributed by atoms with Crippen LogP contribution in [0.5, 0.6) is 5.75 Å². The molecular weight excluding hydrogens is 1110 g/mol. The van der Waals surface area contributed by atoms with Crippen LogP contribution >= 0.6 is 0 Å². The number of benzene rings is 1. The molecule has 25 nitrogen and oxygen atoms in total. The van der Waals surface area contributed by atoms with Crippen molar-refractivity contribution in [3.8, 4) is 5.75 Å². The van der Waals surface area contributed by atoms with Crippen molar-refractivity contribution in [1.82, 2.24) is 52.8 Å². The van der Waals surface area contributed by atoms with E-state index < -0.39 is 132 Å². The monoisotopic (exact) mass is 1210 g/mol. The van der Waals surface area contributed by atoms with Crippen LogP contribution in [0.3, 0.4) is 0 Å². The number of rotatable bonds is 35. The molecule has 1 aromatic rings. The lowest BCUT2D eigenvalue weighted by Crippen LogP contribution is -2.62. The number of nitrogens with two attached hydrogens (primary N) is 2. The maximum absolute atomic E-state index is 14.8. The van der Waals surface area contributed by atoms with Crippen LogP contribution in [-0.2, 0) is 59.2 Å². The van der Waals surface area contributed by atoms with Gasteiger partial charge >= 0.3 is 0 Å². The summed E-state index contributed by atoms with van der Waals surface area (Å²) in [7, 11) is 0. The highest BCUT2D eigenvalue weighted by Gasteiger charge is 2.42. The van der Waals surface area contributed by atoms with Gasteiger partial charge < -0.3 is 74.4 Å². The van der Waals surface area contributed by atoms with Crippen molar-refractivity contribution in [2.45, 2.75) is 239 Å². The molecular formula is C61H102N12O13. The number of aliphatic hydroxyl groups excluding tert-OH is 1. The van der Waals surface area contributed by atoms with Gasteiger partial charge in [-0.2, -0.15) is 0 Å². The van der Waals surface area contributed by atoms with Gasteiger partial charge in [0.2, 0.25) is 65.0 Å². The topological polar surface area (TPSA) is 392 Å². The molecule has 0 aromatic heterocycles. The second-order valence-electron chi connectivity index (χ2n) is 25.1. The summed E-state index contributed by atoms with van der Waals surface area (Å²) < 4.78 is 0. The molecule has 0 bridgehead atoms. The molecule has 0 radical (unpaired) electrons. The number of likely N-dealkylation sites (tertiary alicyclic amines) is 1. The smallest absolute Gasteiger partial charge is 0.248 e. The number of unbranched alkanes of at least 4 members (excludes halogenated alkanes) is 1. The maximum atomic E-state index is 14.8. The quantitative estimate of drug-likeness (QED) is 0.0424. The van der Waals surface area contributed by atoms with Crippen LogP contribution in [0.15, 0.2) is 24.3 Å². The number of aromatic hydroxyl groups is 1. The van der Waals surface area contributed by atoms with Gasteiger partial charge in [-0.05, 0) is 125 Å². The Morgan fingerprint density at radius 1 is 0.547 bits per heavy atom. The summed E-state index contributed by atoms with van der Waals surface area (Å²) in [5, 5.41) is 45.7. The number of phenols is 1. The van der Waals surface area contributed by atoms with Crippen molar-refractivity contribution in [3.05, 3.63) is 29.8 Å². The molecule has 15 N–H and O–H groups in total. The van der Waals surface area contributed by atoms with Crippen LogP contribution in [0.25, 0.3) is 0 Å². The first-order valence-electron chi connectivity index (χ1n) is 30.9. The second-order valence-corrected chi connectivity index (χ2v) is 25.1. The van der Waals surface area contributed by atoms with Crippen LogP contribution < -0.4 is 59.3 Å². The molecule has 484 valence electrons. The summed E-state index contributed by atoms with van der Waals surface area (Å²) >= 11 is 0. The fourth-order valence-electron chi connectivity index (χ4n) is 10.9. The number of hydrogen-bond acceptors (Lipinski definition) is 14. The van der Waals surface area contributed by atoms with Gasteiger partial charge in [-0.25, -0.2) is 0 Å². The van der Waals surface area contributed by atoms with E-state index in [-0.39, 0.29) is 87.0 Å². The maximum Gasteiger partial charge on any atom is 0.248 e. The van der Waals surface area contributed by atoms with Crippen molar-refractivity contribution in [1.29, 1.82) is 0 Å². The number of nitrogens with one attached hydrogen (secondary N) is 9. The average molecular weight is 1210 g/mol. The van der Waals surface area contributed by atoms with E-state index in [1.54, 1.807) is 26.0 Å². The van der Waals surface area contributed by atoms with Crippen molar-refractivity contribution in [2.75, 3.05) is 13.1 Å². The number of aliphatic hydroxyl groups is 1.